The standard InChI is InChI=1S/C13H17FO4/c1-13(2,12(15)17-9-8-16-3)18-11-6-4-10(14)5-7-11/h4-7H,8-9H2,1-3H3. The maximum atomic E-state index is 12.7. The molecule has 0 spiro atoms. The van der Waals surface area contributed by atoms with Gasteiger partial charge in [-0.05, 0) is 38.1 Å². The van der Waals surface area contributed by atoms with Gasteiger partial charge in [0.1, 0.15) is 18.2 Å². The quantitative estimate of drug-likeness (QED) is 0.578. The molecule has 0 atom stereocenters. The van der Waals surface area contributed by atoms with Gasteiger partial charge in [0.25, 0.3) is 0 Å². The van der Waals surface area contributed by atoms with Crippen LogP contribution in [0.3, 0.4) is 0 Å². The van der Waals surface area contributed by atoms with Crippen LogP contribution in [0, 0.1) is 5.82 Å². The third-order valence-corrected chi connectivity index (χ3v) is 2.20. The van der Waals surface area contributed by atoms with Crippen LogP contribution >= 0.6 is 0 Å². The van der Waals surface area contributed by atoms with Gasteiger partial charge in [-0.1, -0.05) is 0 Å². The SMILES string of the molecule is COCCOC(=O)C(C)(C)Oc1ccc(F)cc1. The van der Waals surface area contributed by atoms with E-state index in [1.165, 1.54) is 31.4 Å². The highest BCUT2D eigenvalue weighted by atomic mass is 19.1. The summed E-state index contributed by atoms with van der Waals surface area (Å²) in [6.07, 6.45) is 0. The van der Waals surface area contributed by atoms with Gasteiger partial charge in [-0.3, -0.25) is 0 Å². The van der Waals surface area contributed by atoms with Crippen LogP contribution < -0.4 is 4.74 Å². The fourth-order valence-electron chi connectivity index (χ4n) is 1.23. The van der Waals surface area contributed by atoms with Crippen LogP contribution in [-0.2, 0) is 14.3 Å². The van der Waals surface area contributed by atoms with E-state index >= 15 is 0 Å². The maximum Gasteiger partial charge on any atom is 0.349 e. The predicted molar refractivity (Wildman–Crippen MR) is 63.9 cm³/mol. The number of halogens is 1. The number of carbonyl (C=O) groups excluding carboxylic acids is 1. The minimum atomic E-state index is -1.13. The predicted octanol–water partition coefficient (Wildman–Crippen LogP) is 2.17. The zero-order valence-electron chi connectivity index (χ0n) is 10.7. The number of hydrogen-bond donors (Lipinski definition) is 0. The number of ether oxygens (including phenoxy) is 3. The molecule has 0 radical (unpaired) electrons. The van der Waals surface area contributed by atoms with E-state index in [1.54, 1.807) is 13.8 Å². The summed E-state index contributed by atoms with van der Waals surface area (Å²) in [7, 11) is 1.52. The van der Waals surface area contributed by atoms with Gasteiger partial charge in [-0.2, -0.15) is 0 Å². The minimum absolute atomic E-state index is 0.172. The molecule has 18 heavy (non-hydrogen) atoms. The lowest BCUT2D eigenvalue weighted by atomic mass is 10.1. The van der Waals surface area contributed by atoms with Gasteiger partial charge < -0.3 is 14.2 Å². The van der Waals surface area contributed by atoms with Crippen LogP contribution in [0.25, 0.3) is 0 Å². The average Bonchev–Trinajstić information content (AvgIpc) is 2.32. The van der Waals surface area contributed by atoms with Crippen LogP contribution in [-0.4, -0.2) is 31.9 Å². The molecule has 1 rings (SSSR count). The highest BCUT2D eigenvalue weighted by Gasteiger charge is 2.31. The third kappa shape index (κ3) is 4.33. The Kier molecular flexibility index (Phi) is 5.09. The second-order valence-corrected chi connectivity index (χ2v) is 4.20. The second kappa shape index (κ2) is 6.35. The molecule has 0 bridgehead atoms. The molecular weight excluding hydrogens is 239 g/mol. The van der Waals surface area contributed by atoms with Crippen molar-refractivity contribution in [1.82, 2.24) is 0 Å². The Labute approximate surface area is 106 Å². The lowest BCUT2D eigenvalue weighted by Crippen LogP contribution is -2.40. The number of esters is 1. The molecule has 0 heterocycles. The van der Waals surface area contributed by atoms with Crippen molar-refractivity contribution in [1.29, 1.82) is 0 Å². The van der Waals surface area contributed by atoms with E-state index in [2.05, 4.69) is 0 Å². The van der Waals surface area contributed by atoms with E-state index in [1.807, 2.05) is 0 Å². The second-order valence-electron chi connectivity index (χ2n) is 4.20. The molecule has 0 saturated carbocycles. The van der Waals surface area contributed by atoms with Crippen LogP contribution in [0.1, 0.15) is 13.8 Å². The first kappa shape index (κ1) is 14.4. The first-order valence-corrected chi connectivity index (χ1v) is 5.56. The summed E-state index contributed by atoms with van der Waals surface area (Å²) in [6, 6.07) is 5.45. The van der Waals surface area contributed by atoms with E-state index < -0.39 is 11.6 Å². The van der Waals surface area contributed by atoms with Gasteiger partial charge in [0, 0.05) is 7.11 Å². The molecule has 0 N–H and O–H groups in total. The third-order valence-electron chi connectivity index (χ3n) is 2.20. The van der Waals surface area contributed by atoms with E-state index in [0.717, 1.165) is 0 Å². The molecule has 1 aromatic carbocycles. The zero-order chi connectivity index (χ0) is 13.6. The smallest absolute Gasteiger partial charge is 0.349 e. The maximum absolute atomic E-state index is 12.7. The van der Waals surface area contributed by atoms with Crippen molar-refractivity contribution < 1.29 is 23.4 Å². The monoisotopic (exact) mass is 256 g/mol. The minimum Gasteiger partial charge on any atom is -0.476 e. The van der Waals surface area contributed by atoms with E-state index in [0.29, 0.717) is 12.4 Å². The molecule has 0 aliphatic rings. The Morgan fingerprint density at radius 1 is 1.22 bits per heavy atom. The van der Waals surface area contributed by atoms with E-state index in [-0.39, 0.29) is 12.4 Å². The van der Waals surface area contributed by atoms with Crippen molar-refractivity contribution in [3.63, 3.8) is 0 Å². The summed E-state index contributed by atoms with van der Waals surface area (Å²) in [5.41, 5.74) is -1.13. The first-order valence-electron chi connectivity index (χ1n) is 5.56. The molecule has 0 aromatic heterocycles. The molecule has 0 saturated heterocycles. The van der Waals surface area contributed by atoms with Crippen molar-refractivity contribution in [3.8, 4) is 5.75 Å². The Hall–Kier alpha value is -1.62. The first-order chi connectivity index (χ1) is 8.45. The van der Waals surface area contributed by atoms with Gasteiger partial charge >= 0.3 is 5.97 Å². The van der Waals surface area contributed by atoms with Gasteiger partial charge in [0.2, 0.25) is 0 Å². The van der Waals surface area contributed by atoms with Crippen molar-refractivity contribution in [2.45, 2.75) is 19.4 Å². The number of carbonyl (C=O) groups is 1. The van der Waals surface area contributed by atoms with E-state index in [9.17, 15) is 9.18 Å². The van der Waals surface area contributed by atoms with Gasteiger partial charge in [0.15, 0.2) is 5.60 Å². The van der Waals surface area contributed by atoms with Crippen molar-refractivity contribution in [3.05, 3.63) is 30.1 Å². The summed E-state index contributed by atoms with van der Waals surface area (Å²) < 4.78 is 27.9. The summed E-state index contributed by atoms with van der Waals surface area (Å²) >= 11 is 0. The molecule has 1 aromatic rings. The van der Waals surface area contributed by atoms with Gasteiger partial charge in [0.05, 0.1) is 6.61 Å². The molecule has 0 amide bonds. The topological polar surface area (TPSA) is 44.8 Å². The largest absolute Gasteiger partial charge is 0.476 e. The van der Waals surface area contributed by atoms with Crippen LogP contribution in [0.2, 0.25) is 0 Å². The van der Waals surface area contributed by atoms with Gasteiger partial charge in [-0.25, -0.2) is 9.18 Å². The summed E-state index contributed by atoms with van der Waals surface area (Å²) in [6.45, 7) is 3.68. The fraction of sp³-hybridized carbons (Fsp3) is 0.462. The Morgan fingerprint density at radius 3 is 2.39 bits per heavy atom. The molecule has 0 unspecified atom stereocenters. The lowest BCUT2D eigenvalue weighted by Gasteiger charge is -2.24. The highest BCUT2D eigenvalue weighted by molar-refractivity contribution is 5.79. The molecule has 0 aliphatic carbocycles. The molecule has 4 nitrogen and oxygen atoms in total. The summed E-state index contributed by atoms with van der Waals surface area (Å²) in [5, 5.41) is 0. The molecule has 0 aliphatic heterocycles. The number of hydrogen-bond acceptors (Lipinski definition) is 4. The normalized spacial score (nSPS) is 11.1. The Balaban J connectivity index is 2.57. The van der Waals surface area contributed by atoms with Gasteiger partial charge in [-0.15, -0.1) is 0 Å². The number of rotatable bonds is 6. The lowest BCUT2D eigenvalue weighted by molar-refractivity contribution is -0.160. The number of methoxy groups -OCH3 is 1. The molecule has 100 valence electrons. The van der Waals surface area contributed by atoms with Crippen LogP contribution in [0.4, 0.5) is 4.39 Å². The fourth-order valence-corrected chi connectivity index (χ4v) is 1.23. The Bertz CT molecular complexity index is 386. The summed E-state index contributed by atoms with van der Waals surface area (Å²) in [4.78, 5) is 11.7. The average molecular weight is 256 g/mol. The Morgan fingerprint density at radius 2 is 1.83 bits per heavy atom. The van der Waals surface area contributed by atoms with E-state index in [4.69, 9.17) is 14.2 Å². The number of benzene rings is 1. The van der Waals surface area contributed by atoms with Crippen molar-refractivity contribution in [2.24, 2.45) is 0 Å². The molecular formula is C13H17FO4. The van der Waals surface area contributed by atoms with Crippen LogP contribution in [0.5, 0.6) is 5.75 Å². The molecule has 0 fully saturated rings. The van der Waals surface area contributed by atoms with Crippen LogP contribution in [0.15, 0.2) is 24.3 Å². The molecule has 5 heteroatoms. The highest BCUT2D eigenvalue weighted by Crippen LogP contribution is 2.19. The summed E-state index contributed by atoms with van der Waals surface area (Å²) in [5.74, 6) is -0.447. The van der Waals surface area contributed by atoms with Crippen molar-refractivity contribution >= 4 is 5.97 Å². The van der Waals surface area contributed by atoms with Crippen molar-refractivity contribution in [2.75, 3.05) is 20.3 Å². The zero-order valence-corrected chi connectivity index (χ0v) is 10.7.